The number of alkyl halides is 2. The molecule has 0 fully saturated rings. The molecular formula is C8H12F2O7S. The molecule has 1 N–H and O–H groups in total. The molecule has 18 heavy (non-hydrogen) atoms. The van der Waals surface area contributed by atoms with Crippen LogP contribution in [-0.2, 0) is 29.2 Å². The van der Waals surface area contributed by atoms with E-state index in [1.807, 2.05) is 0 Å². The van der Waals surface area contributed by atoms with Gasteiger partial charge in [-0.3, -0.25) is 9.35 Å². The first-order valence-electron chi connectivity index (χ1n) is 4.69. The van der Waals surface area contributed by atoms with Gasteiger partial charge in [0, 0.05) is 0 Å². The van der Waals surface area contributed by atoms with Crippen molar-refractivity contribution in [2.24, 2.45) is 5.92 Å². The van der Waals surface area contributed by atoms with Gasteiger partial charge in [0.05, 0.1) is 5.92 Å². The van der Waals surface area contributed by atoms with Crippen LogP contribution in [0.4, 0.5) is 8.78 Å². The largest absolute Gasteiger partial charge is 0.465 e. The SMILES string of the molecule is CC(C)C(=O)OCCOC(=O)C(F)(F)S(=O)(=O)O. The Balaban J connectivity index is 4.18. The second-order valence-corrected chi connectivity index (χ2v) is 4.91. The minimum Gasteiger partial charge on any atom is -0.462 e. The van der Waals surface area contributed by atoms with E-state index in [2.05, 4.69) is 9.47 Å². The molecule has 0 atom stereocenters. The molecule has 0 saturated carbocycles. The number of esters is 2. The van der Waals surface area contributed by atoms with Crippen molar-refractivity contribution in [3.63, 3.8) is 0 Å². The summed E-state index contributed by atoms with van der Waals surface area (Å²) in [6.07, 6.45) is 0. The van der Waals surface area contributed by atoms with E-state index >= 15 is 0 Å². The van der Waals surface area contributed by atoms with E-state index in [0.717, 1.165) is 0 Å². The van der Waals surface area contributed by atoms with Crippen LogP contribution < -0.4 is 0 Å². The van der Waals surface area contributed by atoms with Crippen LogP contribution in [0.3, 0.4) is 0 Å². The van der Waals surface area contributed by atoms with Crippen LogP contribution in [0.2, 0.25) is 0 Å². The fraction of sp³-hybridized carbons (Fsp3) is 0.750. The summed E-state index contributed by atoms with van der Waals surface area (Å²) in [5.74, 6) is -3.52. The number of carbonyl (C=O) groups is 2. The lowest BCUT2D eigenvalue weighted by Crippen LogP contribution is -2.39. The fourth-order valence-electron chi connectivity index (χ4n) is 0.633. The number of hydrogen-bond donors (Lipinski definition) is 1. The van der Waals surface area contributed by atoms with Gasteiger partial charge < -0.3 is 9.47 Å². The van der Waals surface area contributed by atoms with Crippen LogP contribution in [0.5, 0.6) is 0 Å². The van der Waals surface area contributed by atoms with Gasteiger partial charge in [0.25, 0.3) is 0 Å². The molecule has 0 aliphatic carbocycles. The lowest BCUT2D eigenvalue weighted by atomic mass is 10.2. The maximum Gasteiger partial charge on any atom is 0.465 e. The van der Waals surface area contributed by atoms with Crippen LogP contribution in [0, 0.1) is 5.92 Å². The molecule has 0 aliphatic rings. The summed E-state index contributed by atoms with van der Waals surface area (Å²) in [5, 5.41) is -5.05. The number of ether oxygens (including phenoxy) is 2. The van der Waals surface area contributed by atoms with Gasteiger partial charge in [0.2, 0.25) is 0 Å². The van der Waals surface area contributed by atoms with Gasteiger partial charge in [-0.05, 0) is 0 Å². The fourth-order valence-corrected chi connectivity index (χ4v) is 0.902. The van der Waals surface area contributed by atoms with E-state index in [1.165, 1.54) is 13.8 Å². The summed E-state index contributed by atoms with van der Waals surface area (Å²) in [5.41, 5.74) is 0. The third kappa shape index (κ3) is 4.53. The molecule has 0 bridgehead atoms. The average Bonchev–Trinajstić information content (AvgIpc) is 2.21. The Morgan fingerprint density at radius 3 is 2.06 bits per heavy atom. The molecule has 10 heteroatoms. The summed E-state index contributed by atoms with van der Waals surface area (Å²) < 4.78 is 61.9. The van der Waals surface area contributed by atoms with Crippen molar-refractivity contribution in [3.8, 4) is 0 Å². The van der Waals surface area contributed by atoms with Gasteiger partial charge in [-0.1, -0.05) is 13.8 Å². The van der Waals surface area contributed by atoms with E-state index in [-0.39, 0.29) is 0 Å². The highest BCUT2D eigenvalue weighted by molar-refractivity contribution is 7.87. The highest BCUT2D eigenvalue weighted by Crippen LogP contribution is 2.21. The summed E-state index contributed by atoms with van der Waals surface area (Å²) in [6, 6.07) is 0. The third-order valence-electron chi connectivity index (χ3n) is 1.59. The van der Waals surface area contributed by atoms with Crippen molar-refractivity contribution in [2.75, 3.05) is 13.2 Å². The van der Waals surface area contributed by atoms with Crippen molar-refractivity contribution >= 4 is 22.1 Å². The smallest absolute Gasteiger partial charge is 0.462 e. The summed E-state index contributed by atoms with van der Waals surface area (Å²) in [6.45, 7) is 1.81. The average molecular weight is 290 g/mol. The van der Waals surface area contributed by atoms with Crippen molar-refractivity contribution in [1.82, 2.24) is 0 Å². The monoisotopic (exact) mass is 290 g/mol. The van der Waals surface area contributed by atoms with E-state index < -0.39 is 46.4 Å². The molecule has 7 nitrogen and oxygen atoms in total. The number of hydrogen-bond acceptors (Lipinski definition) is 6. The number of rotatable bonds is 6. The summed E-state index contributed by atoms with van der Waals surface area (Å²) in [7, 11) is -5.88. The molecule has 106 valence electrons. The molecule has 0 heterocycles. The predicted molar refractivity (Wildman–Crippen MR) is 53.3 cm³/mol. The molecule has 0 aliphatic heterocycles. The van der Waals surface area contributed by atoms with E-state index in [0.29, 0.717) is 0 Å². The molecule has 0 aromatic carbocycles. The van der Waals surface area contributed by atoms with Crippen LogP contribution in [0.15, 0.2) is 0 Å². The van der Waals surface area contributed by atoms with Crippen LogP contribution in [0.1, 0.15) is 13.8 Å². The molecule has 0 amide bonds. The molecule has 0 aromatic rings. The van der Waals surface area contributed by atoms with E-state index in [1.54, 1.807) is 0 Å². The third-order valence-corrected chi connectivity index (χ3v) is 2.41. The Morgan fingerprint density at radius 2 is 1.67 bits per heavy atom. The van der Waals surface area contributed by atoms with Crippen LogP contribution in [0.25, 0.3) is 0 Å². The zero-order chi connectivity index (χ0) is 14.6. The first-order chi connectivity index (χ1) is 8.00. The predicted octanol–water partition coefficient (Wildman–Crippen LogP) is 0.209. The Labute approximate surface area is 102 Å². The van der Waals surface area contributed by atoms with Crippen molar-refractivity contribution in [3.05, 3.63) is 0 Å². The summed E-state index contributed by atoms with van der Waals surface area (Å²) >= 11 is 0. The van der Waals surface area contributed by atoms with Crippen LogP contribution >= 0.6 is 0 Å². The topological polar surface area (TPSA) is 107 Å². The number of halogens is 2. The molecule has 0 saturated heterocycles. The normalized spacial score (nSPS) is 12.3. The zero-order valence-electron chi connectivity index (χ0n) is 9.55. The molecule has 0 unspecified atom stereocenters. The highest BCUT2D eigenvalue weighted by atomic mass is 32.2. The van der Waals surface area contributed by atoms with Gasteiger partial charge >= 0.3 is 27.3 Å². The zero-order valence-corrected chi connectivity index (χ0v) is 10.4. The number of carbonyl (C=O) groups excluding carboxylic acids is 2. The molecule has 0 rings (SSSR count). The molecule has 0 spiro atoms. The minimum atomic E-state index is -5.88. The Bertz CT molecular complexity index is 415. The van der Waals surface area contributed by atoms with Crippen molar-refractivity contribution in [1.29, 1.82) is 0 Å². The van der Waals surface area contributed by atoms with E-state index in [9.17, 15) is 26.8 Å². The Kier molecular flexibility index (Phi) is 5.61. The lowest BCUT2D eigenvalue weighted by Gasteiger charge is -2.12. The minimum absolute atomic E-state index is 0.444. The van der Waals surface area contributed by atoms with Crippen molar-refractivity contribution in [2.45, 2.75) is 19.1 Å². The van der Waals surface area contributed by atoms with Gasteiger partial charge in [-0.25, -0.2) is 4.79 Å². The maximum absolute atomic E-state index is 12.6. The van der Waals surface area contributed by atoms with E-state index in [4.69, 9.17) is 4.55 Å². The van der Waals surface area contributed by atoms with Gasteiger partial charge in [0.15, 0.2) is 0 Å². The molecule has 0 aromatic heterocycles. The first kappa shape index (κ1) is 16.7. The quantitative estimate of drug-likeness (QED) is 0.423. The Morgan fingerprint density at radius 1 is 1.22 bits per heavy atom. The van der Waals surface area contributed by atoms with Crippen molar-refractivity contribution < 1.29 is 40.8 Å². The standard InChI is InChI=1S/C8H12F2O7S/c1-5(2)6(11)16-3-4-17-7(12)8(9,10)18(13,14)15/h5H,3-4H2,1-2H3,(H,13,14,15). The van der Waals surface area contributed by atoms with Gasteiger partial charge in [0.1, 0.15) is 13.2 Å². The van der Waals surface area contributed by atoms with Gasteiger partial charge in [-0.2, -0.15) is 17.2 Å². The molecular weight excluding hydrogens is 278 g/mol. The second kappa shape index (κ2) is 6.05. The first-order valence-corrected chi connectivity index (χ1v) is 6.13. The maximum atomic E-state index is 12.6. The molecule has 0 radical (unpaired) electrons. The second-order valence-electron chi connectivity index (χ2n) is 3.45. The summed E-state index contributed by atoms with van der Waals surface area (Å²) in [4.78, 5) is 21.5. The van der Waals surface area contributed by atoms with Gasteiger partial charge in [-0.15, -0.1) is 0 Å². The Hall–Kier alpha value is -1.29. The van der Waals surface area contributed by atoms with Crippen LogP contribution in [-0.4, -0.2) is 43.4 Å². The lowest BCUT2D eigenvalue weighted by molar-refractivity contribution is -0.165. The highest BCUT2D eigenvalue weighted by Gasteiger charge is 2.54.